The van der Waals surface area contributed by atoms with E-state index in [9.17, 15) is 14.4 Å². The predicted octanol–water partition coefficient (Wildman–Crippen LogP) is 3.86. The van der Waals surface area contributed by atoms with Gasteiger partial charge in [0.15, 0.2) is 11.5 Å². The number of benzene rings is 2. The highest BCUT2D eigenvalue weighted by Gasteiger charge is 2.37. The number of ether oxygens (including phenoxy) is 2. The SMILES string of the molecule is CC(C)c1ccc(N2C(=O)NC(=O)/C(=C\c3cc4c(cc3Cl)OCO4)C2=O)cc1. The van der Waals surface area contributed by atoms with Crippen LogP contribution in [-0.4, -0.2) is 24.6 Å². The third-order valence-electron chi connectivity index (χ3n) is 4.71. The lowest BCUT2D eigenvalue weighted by molar-refractivity contribution is -0.122. The lowest BCUT2D eigenvalue weighted by Gasteiger charge is -2.26. The molecule has 2 heterocycles. The summed E-state index contributed by atoms with van der Waals surface area (Å²) in [7, 11) is 0. The van der Waals surface area contributed by atoms with Crippen molar-refractivity contribution in [2.45, 2.75) is 19.8 Å². The van der Waals surface area contributed by atoms with Crippen LogP contribution in [0.4, 0.5) is 10.5 Å². The molecule has 4 amide bonds. The molecule has 0 unspecified atom stereocenters. The standard InChI is InChI=1S/C21H17ClN2O5/c1-11(2)12-3-5-14(6-4-12)24-20(26)15(19(25)23-21(24)27)7-13-8-17-18(9-16(13)22)29-10-28-17/h3-9,11H,10H2,1-2H3,(H,23,25,27)/b15-7+. The van der Waals surface area contributed by atoms with Gasteiger partial charge in [-0.2, -0.15) is 0 Å². The van der Waals surface area contributed by atoms with Crippen molar-refractivity contribution in [1.82, 2.24) is 5.32 Å². The van der Waals surface area contributed by atoms with Crippen LogP contribution in [0.1, 0.15) is 30.9 Å². The molecule has 0 aliphatic carbocycles. The number of halogens is 1. The summed E-state index contributed by atoms with van der Waals surface area (Å²) in [5.41, 5.74) is 1.63. The summed E-state index contributed by atoms with van der Waals surface area (Å²) in [6.45, 7) is 4.16. The van der Waals surface area contributed by atoms with Gasteiger partial charge in [-0.25, -0.2) is 9.69 Å². The number of amides is 4. The lowest BCUT2D eigenvalue weighted by atomic mass is 10.0. The number of hydrogen-bond acceptors (Lipinski definition) is 5. The van der Waals surface area contributed by atoms with Gasteiger partial charge in [-0.15, -0.1) is 0 Å². The normalized spacial score (nSPS) is 17.3. The quantitative estimate of drug-likeness (QED) is 0.611. The zero-order valence-electron chi connectivity index (χ0n) is 15.7. The Bertz CT molecular complexity index is 1060. The zero-order chi connectivity index (χ0) is 20.7. The number of nitrogens with zero attached hydrogens (tertiary/aromatic N) is 1. The molecule has 2 aliphatic heterocycles. The monoisotopic (exact) mass is 412 g/mol. The van der Waals surface area contributed by atoms with Crippen LogP contribution < -0.4 is 19.7 Å². The number of carbonyl (C=O) groups is 3. The van der Waals surface area contributed by atoms with Gasteiger partial charge >= 0.3 is 6.03 Å². The summed E-state index contributed by atoms with van der Waals surface area (Å²) in [5.74, 6) is -0.269. The first-order valence-electron chi connectivity index (χ1n) is 8.95. The molecule has 0 bridgehead atoms. The molecule has 2 aliphatic rings. The van der Waals surface area contributed by atoms with Crippen LogP contribution in [0.2, 0.25) is 5.02 Å². The summed E-state index contributed by atoms with van der Waals surface area (Å²) in [6, 6.07) is 9.36. The number of fused-ring (bicyclic) bond motifs is 1. The number of hydrogen-bond donors (Lipinski definition) is 1. The van der Waals surface area contributed by atoms with E-state index in [1.54, 1.807) is 24.3 Å². The van der Waals surface area contributed by atoms with Crippen molar-refractivity contribution < 1.29 is 23.9 Å². The van der Waals surface area contributed by atoms with E-state index in [1.165, 1.54) is 6.08 Å². The molecular weight excluding hydrogens is 396 g/mol. The molecule has 29 heavy (non-hydrogen) atoms. The van der Waals surface area contributed by atoms with Gasteiger partial charge in [0.25, 0.3) is 11.8 Å². The Hall–Kier alpha value is -3.32. The third kappa shape index (κ3) is 3.45. The topological polar surface area (TPSA) is 84.9 Å². The molecule has 1 N–H and O–H groups in total. The van der Waals surface area contributed by atoms with E-state index < -0.39 is 17.8 Å². The first-order chi connectivity index (χ1) is 13.8. The van der Waals surface area contributed by atoms with E-state index in [0.717, 1.165) is 10.5 Å². The van der Waals surface area contributed by atoms with Crippen molar-refractivity contribution in [2.75, 3.05) is 11.7 Å². The minimum absolute atomic E-state index is 0.0692. The summed E-state index contributed by atoms with van der Waals surface area (Å²) in [5, 5.41) is 2.48. The fourth-order valence-corrected chi connectivity index (χ4v) is 3.31. The van der Waals surface area contributed by atoms with Gasteiger partial charge in [0, 0.05) is 6.07 Å². The van der Waals surface area contributed by atoms with E-state index in [4.69, 9.17) is 21.1 Å². The van der Waals surface area contributed by atoms with Crippen LogP contribution in [0.3, 0.4) is 0 Å². The second-order valence-electron chi connectivity index (χ2n) is 6.93. The zero-order valence-corrected chi connectivity index (χ0v) is 16.4. The predicted molar refractivity (Wildman–Crippen MR) is 107 cm³/mol. The highest BCUT2D eigenvalue weighted by atomic mass is 35.5. The van der Waals surface area contributed by atoms with Gasteiger partial charge in [0.05, 0.1) is 10.7 Å². The second-order valence-corrected chi connectivity index (χ2v) is 7.34. The van der Waals surface area contributed by atoms with Gasteiger partial charge in [-0.3, -0.25) is 14.9 Å². The van der Waals surface area contributed by atoms with Gasteiger partial charge in [-0.05, 0) is 41.3 Å². The van der Waals surface area contributed by atoms with Crippen molar-refractivity contribution in [3.05, 3.63) is 58.1 Å². The molecule has 1 saturated heterocycles. The van der Waals surface area contributed by atoms with E-state index in [2.05, 4.69) is 5.32 Å². The Morgan fingerprint density at radius 1 is 1.07 bits per heavy atom. The largest absolute Gasteiger partial charge is 0.454 e. The van der Waals surface area contributed by atoms with Crippen molar-refractivity contribution in [2.24, 2.45) is 0 Å². The highest BCUT2D eigenvalue weighted by Crippen LogP contribution is 2.38. The Morgan fingerprint density at radius 3 is 2.38 bits per heavy atom. The number of rotatable bonds is 3. The molecule has 7 nitrogen and oxygen atoms in total. The molecule has 2 aromatic rings. The molecule has 148 valence electrons. The number of barbiturate groups is 1. The van der Waals surface area contributed by atoms with Crippen LogP contribution in [0, 0.1) is 0 Å². The van der Waals surface area contributed by atoms with E-state index >= 15 is 0 Å². The molecule has 4 rings (SSSR count). The molecule has 0 radical (unpaired) electrons. The van der Waals surface area contributed by atoms with Crippen molar-refractivity contribution in [3.8, 4) is 11.5 Å². The Labute approximate surface area is 171 Å². The Kier molecular flexibility index (Phi) is 4.76. The molecule has 0 atom stereocenters. The van der Waals surface area contributed by atoms with Gasteiger partial charge in [0.1, 0.15) is 5.57 Å². The van der Waals surface area contributed by atoms with Crippen LogP contribution in [0.5, 0.6) is 11.5 Å². The third-order valence-corrected chi connectivity index (χ3v) is 5.04. The minimum atomic E-state index is -0.800. The fourth-order valence-electron chi connectivity index (χ4n) is 3.10. The molecule has 0 aromatic heterocycles. The minimum Gasteiger partial charge on any atom is -0.454 e. The van der Waals surface area contributed by atoms with Crippen LogP contribution >= 0.6 is 11.6 Å². The summed E-state index contributed by atoms with van der Waals surface area (Å²) < 4.78 is 10.6. The summed E-state index contributed by atoms with van der Waals surface area (Å²) >= 11 is 6.25. The molecule has 2 aromatic carbocycles. The Morgan fingerprint density at radius 2 is 1.72 bits per heavy atom. The smallest absolute Gasteiger partial charge is 0.335 e. The van der Waals surface area contributed by atoms with Gasteiger partial charge in [0.2, 0.25) is 6.79 Å². The number of carbonyl (C=O) groups excluding carboxylic acids is 3. The fraction of sp³-hybridized carbons (Fsp3) is 0.190. The lowest BCUT2D eigenvalue weighted by Crippen LogP contribution is -2.54. The average Bonchev–Trinajstić information content (AvgIpc) is 3.12. The van der Waals surface area contributed by atoms with Crippen LogP contribution in [-0.2, 0) is 9.59 Å². The first-order valence-corrected chi connectivity index (χ1v) is 9.33. The van der Waals surface area contributed by atoms with Gasteiger partial charge < -0.3 is 9.47 Å². The molecular formula is C21H17ClN2O5. The van der Waals surface area contributed by atoms with Crippen LogP contribution in [0.15, 0.2) is 42.0 Å². The Balaban J connectivity index is 1.71. The number of anilines is 1. The first kappa shape index (κ1) is 19.0. The van der Waals surface area contributed by atoms with E-state index in [-0.39, 0.29) is 17.4 Å². The summed E-state index contributed by atoms with van der Waals surface area (Å²) in [4.78, 5) is 38.6. The van der Waals surface area contributed by atoms with Gasteiger partial charge in [-0.1, -0.05) is 37.6 Å². The second kappa shape index (κ2) is 7.25. The highest BCUT2D eigenvalue weighted by molar-refractivity contribution is 6.40. The maximum atomic E-state index is 13.0. The summed E-state index contributed by atoms with van der Waals surface area (Å²) in [6.07, 6.45) is 1.34. The van der Waals surface area contributed by atoms with Crippen molar-refractivity contribution in [3.63, 3.8) is 0 Å². The maximum absolute atomic E-state index is 13.0. The maximum Gasteiger partial charge on any atom is 0.335 e. The van der Waals surface area contributed by atoms with E-state index in [0.29, 0.717) is 28.7 Å². The molecule has 0 spiro atoms. The average molecular weight is 413 g/mol. The van der Waals surface area contributed by atoms with Crippen LogP contribution in [0.25, 0.3) is 6.08 Å². The molecule has 0 saturated carbocycles. The van der Waals surface area contributed by atoms with Crippen molar-refractivity contribution in [1.29, 1.82) is 0 Å². The number of nitrogens with one attached hydrogen (secondary N) is 1. The van der Waals surface area contributed by atoms with Crippen molar-refractivity contribution >= 4 is 41.2 Å². The molecule has 1 fully saturated rings. The molecule has 8 heteroatoms. The number of urea groups is 1. The van der Waals surface area contributed by atoms with E-state index in [1.807, 2.05) is 26.0 Å². The number of imide groups is 2.